The first-order valence-corrected chi connectivity index (χ1v) is 9.35. The van der Waals surface area contributed by atoms with Crippen molar-refractivity contribution in [1.82, 2.24) is 5.32 Å². The van der Waals surface area contributed by atoms with E-state index < -0.39 is 6.10 Å². The van der Waals surface area contributed by atoms with Gasteiger partial charge in [0.05, 0.1) is 6.10 Å². The Kier molecular flexibility index (Phi) is 6.26. The van der Waals surface area contributed by atoms with Crippen LogP contribution in [-0.2, 0) is 6.42 Å². The molecular formula is C23H28N2O. The molecule has 0 spiro atoms. The van der Waals surface area contributed by atoms with Crippen molar-refractivity contribution in [1.29, 1.82) is 0 Å². The molecule has 0 bridgehead atoms. The average molecular weight is 348 g/mol. The predicted octanol–water partition coefficient (Wildman–Crippen LogP) is 3.95. The van der Waals surface area contributed by atoms with Crippen LogP contribution in [0, 0.1) is 0 Å². The Morgan fingerprint density at radius 1 is 1.15 bits per heavy atom. The number of nitrogens with one attached hydrogen (secondary N) is 1. The summed E-state index contributed by atoms with van der Waals surface area (Å²) in [5.41, 5.74) is 10.8. The normalized spacial score (nSPS) is 19.1. The van der Waals surface area contributed by atoms with Gasteiger partial charge in [-0.2, -0.15) is 0 Å². The van der Waals surface area contributed by atoms with E-state index in [0.717, 1.165) is 48.9 Å². The standard InChI is InChI=1S/C23H28N2O/c1-17(15-18-9-3-2-4-10-18)16-20(19-11-5-6-12-21(19)24)23(26)22-13-7-8-14-25-22/h2-6,9-12,16,22-23,25-26H,1,7-8,13-15,24H2/b20-16+/t22-,23-/m1/s1. The Balaban J connectivity index is 1.89. The molecular weight excluding hydrogens is 320 g/mol. The quantitative estimate of drug-likeness (QED) is 0.547. The molecule has 0 radical (unpaired) electrons. The Morgan fingerprint density at radius 3 is 2.58 bits per heavy atom. The third-order valence-electron chi connectivity index (χ3n) is 4.95. The minimum Gasteiger partial charge on any atom is -0.398 e. The largest absolute Gasteiger partial charge is 0.398 e. The van der Waals surface area contributed by atoms with E-state index in [2.05, 4.69) is 24.0 Å². The highest BCUT2D eigenvalue weighted by atomic mass is 16.3. The van der Waals surface area contributed by atoms with E-state index in [9.17, 15) is 5.11 Å². The van der Waals surface area contributed by atoms with Crippen LogP contribution in [0.4, 0.5) is 5.69 Å². The molecule has 1 heterocycles. The van der Waals surface area contributed by atoms with Crippen molar-refractivity contribution in [2.24, 2.45) is 0 Å². The van der Waals surface area contributed by atoms with Crippen LogP contribution < -0.4 is 11.1 Å². The van der Waals surface area contributed by atoms with E-state index >= 15 is 0 Å². The number of hydrogen-bond acceptors (Lipinski definition) is 3. The fourth-order valence-electron chi connectivity index (χ4n) is 3.58. The number of allylic oxidation sites excluding steroid dienone is 2. The van der Waals surface area contributed by atoms with Crippen LogP contribution >= 0.6 is 0 Å². The van der Waals surface area contributed by atoms with Crippen molar-refractivity contribution in [2.45, 2.75) is 37.8 Å². The molecule has 0 unspecified atom stereocenters. The van der Waals surface area contributed by atoms with Crippen molar-refractivity contribution in [3.8, 4) is 0 Å². The van der Waals surface area contributed by atoms with Gasteiger partial charge in [-0.15, -0.1) is 0 Å². The molecule has 0 saturated carbocycles. The second-order valence-electron chi connectivity index (χ2n) is 7.01. The van der Waals surface area contributed by atoms with Crippen molar-refractivity contribution in [3.05, 3.63) is 84.0 Å². The highest BCUT2D eigenvalue weighted by Crippen LogP contribution is 2.29. The summed E-state index contributed by atoms with van der Waals surface area (Å²) in [5.74, 6) is 0. The van der Waals surface area contributed by atoms with Crippen molar-refractivity contribution in [3.63, 3.8) is 0 Å². The average Bonchev–Trinajstić information content (AvgIpc) is 2.68. The number of benzene rings is 2. The third-order valence-corrected chi connectivity index (χ3v) is 4.95. The highest BCUT2D eigenvalue weighted by molar-refractivity contribution is 5.79. The molecule has 0 aliphatic carbocycles. The lowest BCUT2D eigenvalue weighted by atomic mass is 9.88. The molecule has 0 aromatic heterocycles. The molecule has 2 aromatic carbocycles. The maximum atomic E-state index is 11.1. The van der Waals surface area contributed by atoms with Crippen LogP contribution in [0.2, 0.25) is 0 Å². The van der Waals surface area contributed by atoms with E-state index in [1.165, 1.54) is 5.56 Å². The van der Waals surface area contributed by atoms with E-state index in [-0.39, 0.29) is 6.04 Å². The van der Waals surface area contributed by atoms with Crippen LogP contribution in [0.3, 0.4) is 0 Å². The number of para-hydroxylation sites is 1. The van der Waals surface area contributed by atoms with Crippen LogP contribution in [0.25, 0.3) is 5.57 Å². The van der Waals surface area contributed by atoms with Gasteiger partial charge in [-0.1, -0.05) is 73.2 Å². The van der Waals surface area contributed by atoms with Gasteiger partial charge >= 0.3 is 0 Å². The third kappa shape index (κ3) is 4.63. The lowest BCUT2D eigenvalue weighted by Crippen LogP contribution is -2.43. The first kappa shape index (κ1) is 18.4. The predicted molar refractivity (Wildman–Crippen MR) is 110 cm³/mol. The summed E-state index contributed by atoms with van der Waals surface area (Å²) < 4.78 is 0. The smallest absolute Gasteiger partial charge is 0.0949 e. The molecule has 1 fully saturated rings. The SMILES string of the molecule is C=C(/C=C(\c1ccccc1N)[C@@H](O)[C@H]1CCCCN1)Cc1ccccc1. The Morgan fingerprint density at radius 2 is 1.88 bits per heavy atom. The summed E-state index contributed by atoms with van der Waals surface area (Å²) in [5, 5.41) is 14.5. The van der Waals surface area contributed by atoms with Crippen LogP contribution in [-0.4, -0.2) is 23.8 Å². The number of anilines is 1. The van der Waals surface area contributed by atoms with Gasteiger partial charge in [0.25, 0.3) is 0 Å². The molecule has 2 atom stereocenters. The minimum atomic E-state index is -0.604. The summed E-state index contributed by atoms with van der Waals surface area (Å²) in [7, 11) is 0. The molecule has 4 N–H and O–H groups in total. The molecule has 3 heteroatoms. The van der Waals surface area contributed by atoms with Crippen molar-refractivity contribution in [2.75, 3.05) is 12.3 Å². The summed E-state index contributed by atoms with van der Waals surface area (Å²) in [6.07, 6.45) is 5.43. The summed E-state index contributed by atoms with van der Waals surface area (Å²) in [6, 6.07) is 18.0. The van der Waals surface area contributed by atoms with Crippen molar-refractivity contribution >= 4 is 11.3 Å². The summed E-state index contributed by atoms with van der Waals surface area (Å²) in [4.78, 5) is 0. The van der Waals surface area contributed by atoms with Gasteiger partial charge in [-0.3, -0.25) is 0 Å². The number of nitrogens with two attached hydrogens (primary N) is 1. The molecule has 3 nitrogen and oxygen atoms in total. The van der Waals surface area contributed by atoms with Gasteiger partial charge in [-0.05, 0) is 43.0 Å². The fourth-order valence-corrected chi connectivity index (χ4v) is 3.58. The maximum absolute atomic E-state index is 11.1. The fraction of sp³-hybridized carbons (Fsp3) is 0.304. The van der Waals surface area contributed by atoms with Crippen molar-refractivity contribution < 1.29 is 5.11 Å². The summed E-state index contributed by atoms with van der Waals surface area (Å²) in [6.45, 7) is 5.17. The molecule has 136 valence electrons. The molecule has 1 aliphatic heterocycles. The number of hydrogen-bond donors (Lipinski definition) is 3. The second kappa shape index (κ2) is 8.84. The molecule has 1 saturated heterocycles. The van der Waals surface area contributed by atoms with Gasteiger partial charge in [0, 0.05) is 17.3 Å². The molecule has 1 aliphatic rings. The zero-order valence-corrected chi connectivity index (χ0v) is 15.2. The number of piperidine rings is 1. The van der Waals surface area contributed by atoms with Gasteiger partial charge < -0.3 is 16.2 Å². The van der Waals surface area contributed by atoms with E-state index in [0.29, 0.717) is 5.69 Å². The number of aliphatic hydroxyl groups excluding tert-OH is 1. The van der Waals surface area contributed by atoms with Gasteiger partial charge in [0.2, 0.25) is 0 Å². The van der Waals surface area contributed by atoms with Crippen LogP contribution in [0.5, 0.6) is 0 Å². The topological polar surface area (TPSA) is 58.3 Å². The maximum Gasteiger partial charge on any atom is 0.0949 e. The second-order valence-corrected chi connectivity index (χ2v) is 7.01. The highest BCUT2D eigenvalue weighted by Gasteiger charge is 2.26. The molecule has 2 aromatic rings. The van der Waals surface area contributed by atoms with Crippen LogP contribution in [0.1, 0.15) is 30.4 Å². The lowest BCUT2D eigenvalue weighted by Gasteiger charge is -2.30. The zero-order valence-electron chi connectivity index (χ0n) is 15.2. The Hall–Kier alpha value is -2.36. The zero-order chi connectivity index (χ0) is 18.4. The first-order chi connectivity index (χ1) is 12.6. The lowest BCUT2D eigenvalue weighted by molar-refractivity contribution is 0.162. The van der Waals surface area contributed by atoms with Crippen LogP contribution in [0.15, 0.2) is 72.8 Å². The van der Waals surface area contributed by atoms with E-state index in [1.54, 1.807) is 0 Å². The Bertz CT molecular complexity index is 761. The number of nitrogen functional groups attached to an aromatic ring is 1. The first-order valence-electron chi connectivity index (χ1n) is 9.35. The van der Waals surface area contributed by atoms with E-state index in [1.807, 2.05) is 48.5 Å². The Labute approximate surface area is 156 Å². The molecule has 26 heavy (non-hydrogen) atoms. The monoisotopic (exact) mass is 348 g/mol. The van der Waals surface area contributed by atoms with Gasteiger partial charge in [0.15, 0.2) is 0 Å². The van der Waals surface area contributed by atoms with Gasteiger partial charge in [-0.25, -0.2) is 0 Å². The van der Waals surface area contributed by atoms with Gasteiger partial charge in [0.1, 0.15) is 0 Å². The molecule has 0 amide bonds. The molecule has 3 rings (SSSR count). The minimum absolute atomic E-state index is 0.0548. The van der Waals surface area contributed by atoms with E-state index in [4.69, 9.17) is 5.73 Å². The number of aliphatic hydroxyl groups is 1. The number of rotatable bonds is 6. The summed E-state index contributed by atoms with van der Waals surface area (Å²) >= 11 is 0.